The number of rotatable bonds is 5. The molecule has 202 valence electrons. The zero-order valence-electron chi connectivity index (χ0n) is 22.9. The molecule has 5 aromatic carbocycles. The standard InChI is InChI=1S/C37H23N5O/c1-3-7-27(8-4-1)34-40-35(28-9-5-2-6-10-28)42-36(41-34)29-17-15-25(16-18-29)24-11-13-26(14-12-24)30-19-20-32-31(23-30)33-37(43-32)39-22-21-38-33/h1-23H. The van der Waals surface area contributed by atoms with E-state index >= 15 is 0 Å². The van der Waals surface area contributed by atoms with Crippen molar-refractivity contribution in [3.63, 3.8) is 0 Å². The molecule has 0 aliphatic heterocycles. The first-order valence-corrected chi connectivity index (χ1v) is 14.0. The highest BCUT2D eigenvalue weighted by Crippen LogP contribution is 2.32. The summed E-state index contributed by atoms with van der Waals surface area (Å²) in [5, 5.41) is 0.962. The number of furan rings is 1. The number of aromatic nitrogens is 5. The molecule has 0 atom stereocenters. The van der Waals surface area contributed by atoms with Gasteiger partial charge in [0.05, 0.1) is 0 Å². The summed E-state index contributed by atoms with van der Waals surface area (Å²) in [6.07, 6.45) is 3.33. The van der Waals surface area contributed by atoms with Crippen LogP contribution in [0.15, 0.2) is 144 Å². The molecule has 0 N–H and O–H groups in total. The maximum atomic E-state index is 5.83. The van der Waals surface area contributed by atoms with Crippen LogP contribution in [-0.4, -0.2) is 24.9 Å². The van der Waals surface area contributed by atoms with Crippen LogP contribution in [0.3, 0.4) is 0 Å². The van der Waals surface area contributed by atoms with E-state index in [1.54, 1.807) is 12.4 Å². The summed E-state index contributed by atoms with van der Waals surface area (Å²) in [5.41, 5.74) is 9.41. The fourth-order valence-corrected chi connectivity index (χ4v) is 5.28. The smallest absolute Gasteiger partial charge is 0.246 e. The highest BCUT2D eigenvalue weighted by Gasteiger charge is 2.13. The molecule has 0 spiro atoms. The van der Waals surface area contributed by atoms with E-state index < -0.39 is 0 Å². The van der Waals surface area contributed by atoms with Crippen molar-refractivity contribution in [1.29, 1.82) is 0 Å². The van der Waals surface area contributed by atoms with E-state index in [9.17, 15) is 0 Å². The Morgan fingerprint density at radius 1 is 0.395 bits per heavy atom. The Balaban J connectivity index is 1.11. The summed E-state index contributed by atoms with van der Waals surface area (Å²) >= 11 is 0. The lowest BCUT2D eigenvalue weighted by molar-refractivity contribution is 0.653. The SMILES string of the molecule is c1ccc(-c2nc(-c3ccccc3)nc(-c3ccc(-c4ccc(-c5ccc6oc7nccnc7c6c5)cc4)cc3)n2)cc1. The van der Waals surface area contributed by atoms with Crippen molar-refractivity contribution in [2.75, 3.05) is 0 Å². The average Bonchev–Trinajstić information content (AvgIpc) is 3.47. The zero-order chi connectivity index (χ0) is 28.6. The predicted molar refractivity (Wildman–Crippen MR) is 170 cm³/mol. The number of fused-ring (bicyclic) bond motifs is 3. The van der Waals surface area contributed by atoms with Gasteiger partial charge in [-0.25, -0.2) is 24.9 Å². The van der Waals surface area contributed by atoms with Crippen LogP contribution in [0, 0.1) is 0 Å². The first-order valence-electron chi connectivity index (χ1n) is 14.0. The number of hydrogen-bond donors (Lipinski definition) is 0. The minimum Gasteiger partial charge on any atom is -0.436 e. The summed E-state index contributed by atoms with van der Waals surface area (Å²) in [7, 11) is 0. The quantitative estimate of drug-likeness (QED) is 0.212. The molecule has 0 amide bonds. The van der Waals surface area contributed by atoms with Gasteiger partial charge in [-0.15, -0.1) is 0 Å². The number of benzene rings is 5. The van der Waals surface area contributed by atoms with Gasteiger partial charge in [-0.2, -0.15) is 0 Å². The van der Waals surface area contributed by atoms with Gasteiger partial charge in [0, 0.05) is 34.5 Å². The first kappa shape index (κ1) is 24.8. The van der Waals surface area contributed by atoms with Crippen LogP contribution < -0.4 is 0 Å². The van der Waals surface area contributed by atoms with Crippen LogP contribution in [0.1, 0.15) is 0 Å². The Kier molecular flexibility index (Phi) is 6.01. The van der Waals surface area contributed by atoms with Gasteiger partial charge in [-0.05, 0) is 34.4 Å². The van der Waals surface area contributed by atoms with Crippen molar-refractivity contribution < 1.29 is 4.42 Å². The monoisotopic (exact) mass is 553 g/mol. The third-order valence-corrected chi connectivity index (χ3v) is 7.50. The molecule has 3 heterocycles. The maximum absolute atomic E-state index is 5.83. The molecule has 3 aromatic heterocycles. The van der Waals surface area contributed by atoms with E-state index in [-0.39, 0.29) is 0 Å². The molecule has 6 nitrogen and oxygen atoms in total. The summed E-state index contributed by atoms with van der Waals surface area (Å²) in [5.74, 6) is 1.94. The minimum absolute atomic E-state index is 0.554. The Morgan fingerprint density at radius 3 is 1.40 bits per heavy atom. The van der Waals surface area contributed by atoms with Crippen molar-refractivity contribution in [1.82, 2.24) is 24.9 Å². The summed E-state index contributed by atoms with van der Waals surface area (Å²) in [6, 6.07) is 43.1. The van der Waals surface area contributed by atoms with Crippen LogP contribution >= 0.6 is 0 Å². The van der Waals surface area contributed by atoms with Gasteiger partial charge in [-0.1, -0.05) is 115 Å². The predicted octanol–water partition coefficient (Wildman–Crippen LogP) is 8.90. The largest absolute Gasteiger partial charge is 0.436 e. The summed E-state index contributed by atoms with van der Waals surface area (Å²) < 4.78 is 5.83. The molecular weight excluding hydrogens is 530 g/mol. The highest BCUT2D eigenvalue weighted by atomic mass is 16.3. The van der Waals surface area contributed by atoms with Gasteiger partial charge in [0.1, 0.15) is 11.1 Å². The molecule has 0 radical (unpaired) electrons. The molecular formula is C37H23N5O. The Bertz CT molecular complexity index is 2150. The molecule has 0 saturated carbocycles. The van der Waals surface area contributed by atoms with Crippen LogP contribution in [0.25, 0.3) is 78.6 Å². The Morgan fingerprint density at radius 2 is 0.837 bits per heavy atom. The van der Waals surface area contributed by atoms with E-state index in [0.717, 1.165) is 55.4 Å². The molecule has 0 saturated heterocycles. The third-order valence-electron chi connectivity index (χ3n) is 7.50. The van der Waals surface area contributed by atoms with Crippen molar-refractivity contribution in [3.05, 3.63) is 140 Å². The van der Waals surface area contributed by atoms with Crippen LogP contribution in [0.5, 0.6) is 0 Å². The van der Waals surface area contributed by atoms with Crippen molar-refractivity contribution in [2.45, 2.75) is 0 Å². The van der Waals surface area contributed by atoms with Gasteiger partial charge in [0.15, 0.2) is 17.5 Å². The fourth-order valence-electron chi connectivity index (χ4n) is 5.28. The zero-order valence-corrected chi connectivity index (χ0v) is 22.9. The molecule has 43 heavy (non-hydrogen) atoms. The van der Waals surface area contributed by atoms with Crippen molar-refractivity contribution in [2.24, 2.45) is 0 Å². The van der Waals surface area contributed by atoms with Crippen LogP contribution in [-0.2, 0) is 0 Å². The lowest BCUT2D eigenvalue weighted by atomic mass is 9.99. The maximum Gasteiger partial charge on any atom is 0.246 e. The Labute approximate surface area is 247 Å². The van der Waals surface area contributed by atoms with E-state index in [4.69, 9.17) is 19.4 Å². The van der Waals surface area contributed by atoms with Gasteiger partial charge in [0.2, 0.25) is 5.71 Å². The van der Waals surface area contributed by atoms with E-state index in [2.05, 4.69) is 70.6 Å². The summed E-state index contributed by atoms with van der Waals surface area (Å²) in [6.45, 7) is 0. The lowest BCUT2D eigenvalue weighted by Gasteiger charge is -2.09. The summed E-state index contributed by atoms with van der Waals surface area (Å²) in [4.78, 5) is 23.2. The van der Waals surface area contributed by atoms with E-state index in [1.807, 2.05) is 66.7 Å². The normalized spacial score (nSPS) is 11.3. The molecule has 8 aromatic rings. The van der Waals surface area contributed by atoms with E-state index in [0.29, 0.717) is 23.2 Å². The molecule has 0 fully saturated rings. The first-order chi connectivity index (χ1) is 21.3. The second-order valence-electron chi connectivity index (χ2n) is 10.2. The van der Waals surface area contributed by atoms with Crippen molar-refractivity contribution >= 4 is 22.2 Å². The Hall–Kier alpha value is -6.01. The fraction of sp³-hybridized carbons (Fsp3) is 0. The number of hydrogen-bond acceptors (Lipinski definition) is 6. The second kappa shape index (κ2) is 10.4. The molecule has 6 heteroatoms. The van der Waals surface area contributed by atoms with Crippen molar-refractivity contribution in [3.8, 4) is 56.4 Å². The van der Waals surface area contributed by atoms with Gasteiger partial charge >= 0.3 is 0 Å². The minimum atomic E-state index is 0.554. The topological polar surface area (TPSA) is 77.6 Å². The molecule has 0 aliphatic carbocycles. The van der Waals surface area contributed by atoms with Crippen LogP contribution in [0.4, 0.5) is 0 Å². The van der Waals surface area contributed by atoms with Gasteiger partial charge < -0.3 is 4.42 Å². The second-order valence-corrected chi connectivity index (χ2v) is 10.2. The number of nitrogens with zero attached hydrogens (tertiary/aromatic N) is 5. The molecule has 0 bridgehead atoms. The average molecular weight is 554 g/mol. The van der Waals surface area contributed by atoms with Crippen LogP contribution in [0.2, 0.25) is 0 Å². The lowest BCUT2D eigenvalue weighted by Crippen LogP contribution is -2.00. The highest BCUT2D eigenvalue weighted by molar-refractivity contribution is 6.02. The third kappa shape index (κ3) is 4.71. The van der Waals surface area contributed by atoms with Gasteiger partial charge in [-0.3, -0.25) is 0 Å². The molecule has 0 aliphatic rings. The van der Waals surface area contributed by atoms with Gasteiger partial charge in [0.25, 0.3) is 0 Å². The molecule has 0 unspecified atom stereocenters. The van der Waals surface area contributed by atoms with E-state index in [1.165, 1.54) is 0 Å². The molecule has 8 rings (SSSR count).